The number of nitrogens with one attached hydrogen (secondary N) is 1. The van der Waals surface area contributed by atoms with Crippen molar-refractivity contribution in [2.75, 3.05) is 0 Å². The van der Waals surface area contributed by atoms with E-state index in [-0.39, 0.29) is 6.15 Å². The van der Waals surface area contributed by atoms with Crippen LogP contribution in [0.5, 0.6) is 11.6 Å². The van der Waals surface area contributed by atoms with Crippen molar-refractivity contribution in [3.05, 3.63) is 60.3 Å². The highest BCUT2D eigenvalue weighted by Crippen LogP contribution is 2.25. The molecule has 0 unspecified atom stereocenters. The average Bonchev–Trinajstić information content (AvgIpc) is 3.09. The molecule has 3 rings (SSSR count). The molecule has 0 bridgehead atoms. The van der Waals surface area contributed by atoms with E-state index in [1.165, 1.54) is 6.20 Å². The molecule has 23 heavy (non-hydrogen) atoms. The summed E-state index contributed by atoms with van der Waals surface area (Å²) in [5, 5.41) is 18.9. The lowest BCUT2D eigenvalue weighted by Crippen LogP contribution is -1.85. The molecule has 7 heteroatoms. The number of carbonyl (C=O) groups excluding carboxylic acids is 2. The Morgan fingerprint density at radius 1 is 1.04 bits per heavy atom. The zero-order valence-corrected chi connectivity index (χ0v) is 11.8. The molecule has 0 spiro atoms. The zero-order valence-electron chi connectivity index (χ0n) is 11.8. The van der Waals surface area contributed by atoms with Gasteiger partial charge in [0.2, 0.25) is 0 Å². The minimum absolute atomic E-state index is 0.250. The molecule has 3 aromatic rings. The highest BCUT2D eigenvalue weighted by Gasteiger charge is 2.02. The molecule has 1 aromatic heterocycles. The van der Waals surface area contributed by atoms with Crippen LogP contribution in [0.3, 0.4) is 0 Å². The number of benzene rings is 2. The van der Waals surface area contributed by atoms with Gasteiger partial charge < -0.3 is 4.74 Å². The smallest absolute Gasteiger partial charge is 0.373 e. The molecule has 7 nitrogen and oxygen atoms in total. The van der Waals surface area contributed by atoms with E-state index in [0.29, 0.717) is 17.2 Å². The normalized spacial score (nSPS) is 9.00. The minimum atomic E-state index is 0.250. The Balaban J connectivity index is 0.000000595. The highest BCUT2D eigenvalue weighted by molar-refractivity contribution is 5.65. The van der Waals surface area contributed by atoms with E-state index in [4.69, 9.17) is 19.6 Å². The number of hydrogen-bond acceptors (Lipinski definition) is 6. The third-order valence-electron chi connectivity index (χ3n) is 2.79. The number of ether oxygens (including phenoxy) is 1. The van der Waals surface area contributed by atoms with Crippen LogP contribution in [-0.4, -0.2) is 21.6 Å². The van der Waals surface area contributed by atoms with Crippen LogP contribution in [0.2, 0.25) is 0 Å². The molecule has 112 valence electrons. The van der Waals surface area contributed by atoms with Gasteiger partial charge in [-0.15, -0.1) is 5.10 Å². The molecule has 2 aromatic carbocycles. The van der Waals surface area contributed by atoms with Gasteiger partial charge in [0, 0.05) is 0 Å². The van der Waals surface area contributed by atoms with Gasteiger partial charge in [-0.2, -0.15) is 25.2 Å². The van der Waals surface area contributed by atoms with Crippen LogP contribution in [0.1, 0.15) is 5.56 Å². The Hall–Kier alpha value is -3.75. The van der Waals surface area contributed by atoms with Gasteiger partial charge >= 0.3 is 6.15 Å². The molecule has 0 saturated carbocycles. The lowest BCUT2D eigenvalue weighted by atomic mass is 10.0. The summed E-state index contributed by atoms with van der Waals surface area (Å²) in [7, 11) is 0. The number of aromatic nitrogens is 3. The molecule has 0 atom stereocenters. The lowest BCUT2D eigenvalue weighted by molar-refractivity contribution is -0.191. The molecule has 0 radical (unpaired) electrons. The first-order valence-electron chi connectivity index (χ1n) is 6.40. The monoisotopic (exact) mass is 306 g/mol. The molecule has 0 aliphatic carbocycles. The molecular formula is C16H10N4O3. The highest BCUT2D eigenvalue weighted by atomic mass is 16.5. The molecular weight excluding hydrogens is 296 g/mol. The number of aromatic amines is 1. The van der Waals surface area contributed by atoms with E-state index in [0.717, 1.165) is 11.1 Å². The summed E-state index contributed by atoms with van der Waals surface area (Å²) in [5.74, 6) is 1.10. The Kier molecular flexibility index (Phi) is 5.36. The standard InChI is InChI=1S/C15H10N4O.CO2/c16-9-11-2-1-3-13(8-11)12-4-6-14(7-5-12)20-15-10-17-19-18-15;2-1-3/h1-8,10H,(H,17,18,19);. The number of nitrogens with zero attached hydrogens (tertiary/aromatic N) is 3. The Labute approximate surface area is 131 Å². The topological polar surface area (TPSA) is 109 Å². The van der Waals surface area contributed by atoms with Crippen LogP contribution in [0, 0.1) is 11.3 Å². The molecule has 0 aliphatic rings. The molecule has 0 aliphatic heterocycles. The van der Waals surface area contributed by atoms with Crippen LogP contribution in [0.25, 0.3) is 11.1 Å². The second-order valence-electron chi connectivity index (χ2n) is 4.21. The summed E-state index contributed by atoms with van der Waals surface area (Å²) >= 11 is 0. The van der Waals surface area contributed by atoms with Gasteiger partial charge in [-0.3, -0.25) is 0 Å². The summed E-state index contributed by atoms with van der Waals surface area (Å²) in [6.07, 6.45) is 1.75. The van der Waals surface area contributed by atoms with Crippen LogP contribution < -0.4 is 4.74 Å². The number of hydrogen-bond donors (Lipinski definition) is 1. The predicted molar refractivity (Wildman–Crippen MR) is 78.1 cm³/mol. The van der Waals surface area contributed by atoms with Gasteiger partial charge in [-0.1, -0.05) is 24.3 Å². The van der Waals surface area contributed by atoms with Gasteiger partial charge in [0.15, 0.2) is 0 Å². The van der Waals surface area contributed by atoms with Crippen molar-refractivity contribution in [2.24, 2.45) is 0 Å². The Morgan fingerprint density at radius 3 is 2.39 bits per heavy atom. The molecule has 0 amide bonds. The quantitative estimate of drug-likeness (QED) is 0.796. The first kappa shape index (κ1) is 15.6. The van der Waals surface area contributed by atoms with Crippen molar-refractivity contribution in [2.45, 2.75) is 0 Å². The average molecular weight is 306 g/mol. The van der Waals surface area contributed by atoms with E-state index < -0.39 is 0 Å². The van der Waals surface area contributed by atoms with Gasteiger partial charge in [-0.25, -0.2) is 0 Å². The van der Waals surface area contributed by atoms with Crippen LogP contribution in [0.4, 0.5) is 0 Å². The Bertz CT molecular complexity index is 831. The number of nitriles is 1. The van der Waals surface area contributed by atoms with Crippen LogP contribution in [0.15, 0.2) is 54.7 Å². The van der Waals surface area contributed by atoms with E-state index in [9.17, 15) is 0 Å². The van der Waals surface area contributed by atoms with Crippen molar-refractivity contribution >= 4 is 6.15 Å². The third-order valence-corrected chi connectivity index (χ3v) is 2.79. The summed E-state index contributed by atoms with van der Waals surface area (Å²) in [4.78, 5) is 16.2. The lowest BCUT2D eigenvalue weighted by Gasteiger charge is -2.04. The van der Waals surface area contributed by atoms with Crippen LogP contribution in [-0.2, 0) is 9.59 Å². The first-order valence-corrected chi connectivity index (χ1v) is 6.40. The molecule has 1 N–H and O–H groups in total. The Morgan fingerprint density at radius 2 is 1.78 bits per heavy atom. The predicted octanol–water partition coefficient (Wildman–Crippen LogP) is 2.55. The third kappa shape index (κ3) is 4.36. The largest absolute Gasteiger partial charge is 0.436 e. The molecule has 1 heterocycles. The van der Waals surface area contributed by atoms with Crippen molar-refractivity contribution in [1.29, 1.82) is 5.26 Å². The summed E-state index contributed by atoms with van der Waals surface area (Å²) in [6.45, 7) is 0. The van der Waals surface area contributed by atoms with E-state index in [1.54, 1.807) is 6.07 Å². The zero-order chi connectivity index (χ0) is 16.5. The second-order valence-corrected chi connectivity index (χ2v) is 4.21. The second kappa shape index (κ2) is 7.88. The van der Waals surface area contributed by atoms with Gasteiger partial charge in [-0.05, 0) is 35.4 Å². The van der Waals surface area contributed by atoms with Crippen molar-refractivity contribution < 1.29 is 14.3 Å². The minimum Gasteiger partial charge on any atom is -0.436 e. The maximum absolute atomic E-state index is 8.91. The van der Waals surface area contributed by atoms with Gasteiger partial charge in [0.05, 0.1) is 11.6 Å². The van der Waals surface area contributed by atoms with Crippen molar-refractivity contribution in [3.8, 4) is 28.8 Å². The van der Waals surface area contributed by atoms with E-state index >= 15 is 0 Å². The summed E-state index contributed by atoms with van der Waals surface area (Å²) in [6, 6.07) is 17.2. The van der Waals surface area contributed by atoms with Gasteiger partial charge in [0.25, 0.3) is 5.88 Å². The fourth-order valence-corrected chi connectivity index (χ4v) is 1.84. The van der Waals surface area contributed by atoms with Gasteiger partial charge in [0.1, 0.15) is 11.9 Å². The fourth-order valence-electron chi connectivity index (χ4n) is 1.84. The maximum Gasteiger partial charge on any atom is 0.373 e. The van der Waals surface area contributed by atoms with Crippen LogP contribution >= 0.6 is 0 Å². The SMILES string of the molecule is N#Cc1cccc(-c2ccc(Oc3cn[nH]n3)cc2)c1.O=C=O. The summed E-state index contributed by atoms with van der Waals surface area (Å²) in [5.41, 5.74) is 2.66. The molecule has 0 saturated heterocycles. The number of H-pyrrole nitrogens is 1. The van der Waals surface area contributed by atoms with E-state index in [2.05, 4.69) is 21.5 Å². The van der Waals surface area contributed by atoms with Crippen molar-refractivity contribution in [1.82, 2.24) is 15.4 Å². The number of rotatable bonds is 3. The fraction of sp³-hybridized carbons (Fsp3) is 0. The maximum atomic E-state index is 8.91. The summed E-state index contributed by atoms with van der Waals surface area (Å²) < 4.78 is 5.50. The van der Waals surface area contributed by atoms with E-state index in [1.807, 2.05) is 42.5 Å². The molecule has 0 fully saturated rings. The van der Waals surface area contributed by atoms with Crippen molar-refractivity contribution in [3.63, 3.8) is 0 Å². The first-order chi connectivity index (χ1) is 11.3.